The monoisotopic (exact) mass is 270 g/mol. The van der Waals surface area contributed by atoms with Gasteiger partial charge in [0.15, 0.2) is 0 Å². The first-order chi connectivity index (χ1) is 8.95. The van der Waals surface area contributed by atoms with Gasteiger partial charge in [-0.05, 0) is 11.6 Å². The molecule has 0 aliphatic rings. The van der Waals surface area contributed by atoms with Crippen LogP contribution in [0.3, 0.4) is 0 Å². The summed E-state index contributed by atoms with van der Waals surface area (Å²) in [7, 11) is 2.62. The first-order valence-electron chi connectivity index (χ1n) is 5.50. The van der Waals surface area contributed by atoms with Gasteiger partial charge in [-0.25, -0.2) is 14.2 Å². The molecule has 1 aromatic carbocycles. The summed E-state index contributed by atoms with van der Waals surface area (Å²) in [5, 5.41) is 11.7. The molecule has 0 aliphatic heterocycles. The van der Waals surface area contributed by atoms with E-state index in [4.69, 9.17) is 9.94 Å². The van der Waals surface area contributed by atoms with Crippen molar-refractivity contribution in [2.24, 2.45) is 0 Å². The molecule has 1 atom stereocenters. The van der Waals surface area contributed by atoms with Gasteiger partial charge in [-0.3, -0.25) is 9.63 Å². The van der Waals surface area contributed by atoms with Crippen molar-refractivity contribution in [1.82, 2.24) is 10.4 Å². The van der Waals surface area contributed by atoms with Crippen molar-refractivity contribution >= 4 is 12.0 Å². The van der Waals surface area contributed by atoms with E-state index in [1.54, 1.807) is 6.07 Å². The number of hydrogen-bond donors (Lipinski definition) is 2. The summed E-state index contributed by atoms with van der Waals surface area (Å²) in [5.74, 6) is -1.10. The first-order valence-corrected chi connectivity index (χ1v) is 5.50. The fraction of sp³-hybridized carbons (Fsp3) is 0.333. The zero-order chi connectivity index (χ0) is 14.4. The molecule has 104 valence electrons. The number of likely N-dealkylation sites (N-methyl/N-ethyl adjacent to an activating group) is 1. The van der Waals surface area contributed by atoms with Crippen molar-refractivity contribution < 1.29 is 23.9 Å². The van der Waals surface area contributed by atoms with Gasteiger partial charge in [0, 0.05) is 13.5 Å². The Hall–Kier alpha value is -2.15. The predicted octanol–water partition coefficient (Wildman–Crippen LogP) is 1.02. The minimum Gasteiger partial charge on any atom is -0.465 e. The van der Waals surface area contributed by atoms with Crippen molar-refractivity contribution in [3.63, 3.8) is 0 Å². The Kier molecular flexibility index (Phi) is 5.25. The van der Waals surface area contributed by atoms with E-state index in [0.717, 1.165) is 5.06 Å². The van der Waals surface area contributed by atoms with Crippen LogP contribution in [0, 0.1) is 5.82 Å². The summed E-state index contributed by atoms with van der Waals surface area (Å²) in [6, 6.07) is 4.76. The molecule has 0 radical (unpaired) electrons. The third-order valence-electron chi connectivity index (χ3n) is 2.56. The second-order valence-corrected chi connectivity index (χ2v) is 3.82. The molecule has 0 spiro atoms. The second kappa shape index (κ2) is 6.69. The molecular formula is C12H15FN2O4. The number of hydroxylamine groups is 2. The lowest BCUT2D eigenvalue weighted by Crippen LogP contribution is -2.48. The molecular weight excluding hydrogens is 255 g/mol. The van der Waals surface area contributed by atoms with Crippen LogP contribution in [-0.4, -0.2) is 42.4 Å². The number of halogens is 1. The van der Waals surface area contributed by atoms with Crippen LogP contribution in [0.25, 0.3) is 0 Å². The summed E-state index contributed by atoms with van der Waals surface area (Å²) >= 11 is 0. The van der Waals surface area contributed by atoms with E-state index in [1.807, 2.05) is 5.32 Å². The average Bonchev–Trinajstić information content (AvgIpc) is 2.38. The zero-order valence-corrected chi connectivity index (χ0v) is 10.6. The molecule has 0 aliphatic carbocycles. The van der Waals surface area contributed by atoms with Crippen LogP contribution in [0.1, 0.15) is 5.56 Å². The minimum atomic E-state index is -1.36. The molecule has 0 saturated carbocycles. The average molecular weight is 270 g/mol. The van der Waals surface area contributed by atoms with Gasteiger partial charge in [0.25, 0.3) is 5.91 Å². The molecule has 6 nitrogen and oxygen atoms in total. The normalized spacial score (nSPS) is 11.7. The highest BCUT2D eigenvalue weighted by Crippen LogP contribution is 2.10. The van der Waals surface area contributed by atoms with Crippen LogP contribution in [0.5, 0.6) is 0 Å². The van der Waals surface area contributed by atoms with Crippen molar-refractivity contribution in [3.05, 3.63) is 35.6 Å². The Labute approximate surface area is 109 Å². The number of amides is 2. The molecule has 19 heavy (non-hydrogen) atoms. The summed E-state index contributed by atoms with van der Waals surface area (Å²) < 4.78 is 13.5. The van der Waals surface area contributed by atoms with Crippen LogP contribution in [0.15, 0.2) is 24.3 Å². The summed E-state index contributed by atoms with van der Waals surface area (Å²) in [6.07, 6.45) is -1.45. The van der Waals surface area contributed by atoms with Crippen LogP contribution in [0.4, 0.5) is 9.18 Å². The van der Waals surface area contributed by atoms with Gasteiger partial charge in [-0.2, -0.15) is 0 Å². The fourth-order valence-corrected chi connectivity index (χ4v) is 1.54. The number of nitrogens with one attached hydrogen (secondary N) is 1. The summed E-state index contributed by atoms with van der Waals surface area (Å²) in [4.78, 5) is 27.3. The molecule has 1 unspecified atom stereocenters. The maximum absolute atomic E-state index is 13.5. The molecule has 0 bridgehead atoms. The summed E-state index contributed by atoms with van der Waals surface area (Å²) in [6.45, 7) is 0. The smallest absolute Gasteiger partial charge is 0.405 e. The van der Waals surface area contributed by atoms with Crippen molar-refractivity contribution in [3.8, 4) is 0 Å². The van der Waals surface area contributed by atoms with E-state index in [1.165, 1.54) is 32.4 Å². The Bertz CT molecular complexity index is 467. The number of benzene rings is 1. The van der Waals surface area contributed by atoms with Gasteiger partial charge in [0.1, 0.15) is 11.9 Å². The van der Waals surface area contributed by atoms with Crippen LogP contribution < -0.4 is 5.32 Å². The molecule has 2 amide bonds. The highest BCUT2D eigenvalue weighted by molar-refractivity contribution is 5.84. The van der Waals surface area contributed by atoms with Gasteiger partial charge in [-0.15, -0.1) is 0 Å². The maximum Gasteiger partial charge on any atom is 0.405 e. The standard InChI is InChI=1S/C12H15FN2O4/c1-15(19-2)11(16)10(14-12(17)18)7-8-5-3-4-6-9(8)13/h3-6,10,14H,7H2,1-2H3,(H,17,18). The number of carboxylic acid groups (broad SMARTS) is 1. The number of carbonyl (C=O) groups is 2. The molecule has 7 heteroatoms. The van der Waals surface area contributed by atoms with Crippen LogP contribution >= 0.6 is 0 Å². The highest BCUT2D eigenvalue weighted by atomic mass is 19.1. The van der Waals surface area contributed by atoms with E-state index in [0.29, 0.717) is 0 Å². The number of rotatable bonds is 5. The van der Waals surface area contributed by atoms with Crippen molar-refractivity contribution in [2.75, 3.05) is 14.2 Å². The lowest BCUT2D eigenvalue weighted by Gasteiger charge is -2.21. The Morgan fingerprint density at radius 3 is 2.63 bits per heavy atom. The van der Waals surface area contributed by atoms with Crippen molar-refractivity contribution in [2.45, 2.75) is 12.5 Å². The molecule has 2 N–H and O–H groups in total. The van der Waals surface area contributed by atoms with Crippen LogP contribution in [0.2, 0.25) is 0 Å². The molecule has 0 fully saturated rings. The largest absolute Gasteiger partial charge is 0.465 e. The van der Waals surface area contributed by atoms with Gasteiger partial charge in [0.2, 0.25) is 0 Å². The number of carbonyl (C=O) groups excluding carboxylic acids is 1. The summed E-state index contributed by atoms with van der Waals surface area (Å²) in [5.41, 5.74) is 0.249. The van der Waals surface area contributed by atoms with E-state index >= 15 is 0 Å². The lowest BCUT2D eigenvalue weighted by molar-refractivity contribution is -0.170. The van der Waals surface area contributed by atoms with E-state index in [-0.39, 0.29) is 12.0 Å². The van der Waals surface area contributed by atoms with E-state index < -0.39 is 23.9 Å². The van der Waals surface area contributed by atoms with Crippen LogP contribution in [-0.2, 0) is 16.1 Å². The zero-order valence-electron chi connectivity index (χ0n) is 10.6. The maximum atomic E-state index is 13.5. The number of hydrogen-bond acceptors (Lipinski definition) is 3. The number of nitrogens with zero attached hydrogens (tertiary/aromatic N) is 1. The third kappa shape index (κ3) is 4.22. The molecule has 1 rings (SSSR count). The SMILES string of the molecule is CON(C)C(=O)C(Cc1ccccc1F)NC(=O)O. The quantitative estimate of drug-likeness (QED) is 0.783. The Morgan fingerprint density at radius 1 is 1.47 bits per heavy atom. The topological polar surface area (TPSA) is 78.9 Å². The second-order valence-electron chi connectivity index (χ2n) is 3.82. The fourth-order valence-electron chi connectivity index (χ4n) is 1.54. The van der Waals surface area contributed by atoms with Gasteiger partial charge in [0.05, 0.1) is 7.11 Å². The third-order valence-corrected chi connectivity index (χ3v) is 2.56. The van der Waals surface area contributed by atoms with Gasteiger partial charge >= 0.3 is 6.09 Å². The minimum absolute atomic E-state index is 0.0918. The van der Waals surface area contributed by atoms with E-state index in [9.17, 15) is 14.0 Å². The van der Waals surface area contributed by atoms with Gasteiger partial charge < -0.3 is 10.4 Å². The molecule has 0 aromatic heterocycles. The Morgan fingerprint density at radius 2 is 2.11 bits per heavy atom. The molecule has 1 aromatic rings. The van der Waals surface area contributed by atoms with Gasteiger partial charge in [-0.1, -0.05) is 18.2 Å². The van der Waals surface area contributed by atoms with Crippen molar-refractivity contribution in [1.29, 1.82) is 0 Å². The predicted molar refractivity (Wildman–Crippen MR) is 64.8 cm³/mol. The van der Waals surface area contributed by atoms with E-state index in [2.05, 4.69) is 0 Å². The molecule has 0 saturated heterocycles. The first kappa shape index (κ1) is 14.9. The Balaban J connectivity index is 2.89. The highest BCUT2D eigenvalue weighted by Gasteiger charge is 2.25. The molecule has 0 heterocycles. The lowest BCUT2D eigenvalue weighted by atomic mass is 10.0.